The lowest BCUT2D eigenvalue weighted by Gasteiger charge is -2.11. The molecule has 0 unspecified atom stereocenters. The maximum absolute atomic E-state index is 11.2. The summed E-state index contributed by atoms with van der Waals surface area (Å²) in [4.78, 5) is 10.6. The first-order valence-corrected chi connectivity index (χ1v) is 6.89. The van der Waals surface area contributed by atoms with Crippen LogP contribution in [0.5, 0.6) is 11.5 Å². The fraction of sp³-hybridized carbons (Fsp3) is 0.0714. The molecule has 6 nitrogen and oxygen atoms in total. The Labute approximate surface area is 133 Å². The standard InChI is InChI=1S/C14H9IN2O4/c15-11-5-9(7-16)6-12(17(19)20)14(11)21-13-4-2-1-3-10(13)8-18/h1-6,18H,8H2. The number of ether oxygens (including phenoxy) is 1. The van der Waals surface area contributed by atoms with E-state index in [1.807, 2.05) is 28.7 Å². The molecule has 0 atom stereocenters. The van der Waals surface area contributed by atoms with Crippen LogP contribution >= 0.6 is 22.6 Å². The van der Waals surface area contributed by atoms with Gasteiger partial charge in [-0.15, -0.1) is 0 Å². The van der Waals surface area contributed by atoms with Gasteiger partial charge in [-0.3, -0.25) is 10.1 Å². The molecule has 0 saturated carbocycles. The van der Waals surface area contributed by atoms with E-state index >= 15 is 0 Å². The van der Waals surface area contributed by atoms with E-state index in [2.05, 4.69) is 0 Å². The van der Waals surface area contributed by atoms with E-state index in [9.17, 15) is 15.2 Å². The second-order valence-corrected chi connectivity index (χ2v) is 5.21. The average molecular weight is 396 g/mol. The molecule has 0 bridgehead atoms. The Bertz CT molecular complexity index is 740. The van der Waals surface area contributed by atoms with Crippen LogP contribution in [0.1, 0.15) is 11.1 Å². The fourth-order valence-corrected chi connectivity index (χ4v) is 2.45. The van der Waals surface area contributed by atoms with Crippen LogP contribution in [-0.2, 0) is 6.61 Å². The number of hydrogen-bond donors (Lipinski definition) is 1. The molecule has 1 N–H and O–H groups in total. The normalized spacial score (nSPS) is 9.95. The van der Waals surface area contributed by atoms with Crippen molar-refractivity contribution in [2.75, 3.05) is 0 Å². The molecule has 0 aliphatic heterocycles. The molecule has 0 heterocycles. The molecule has 106 valence electrons. The molecule has 0 saturated heterocycles. The Morgan fingerprint density at radius 2 is 2.10 bits per heavy atom. The zero-order valence-electron chi connectivity index (χ0n) is 10.6. The van der Waals surface area contributed by atoms with Gasteiger partial charge in [-0.2, -0.15) is 5.26 Å². The summed E-state index contributed by atoms with van der Waals surface area (Å²) in [5.41, 5.74) is 0.423. The smallest absolute Gasteiger partial charge is 0.314 e. The highest BCUT2D eigenvalue weighted by Crippen LogP contribution is 2.37. The Kier molecular flexibility index (Phi) is 4.72. The topological polar surface area (TPSA) is 96.4 Å². The van der Waals surface area contributed by atoms with Crippen LogP contribution in [0.15, 0.2) is 36.4 Å². The van der Waals surface area contributed by atoms with Crippen molar-refractivity contribution >= 4 is 28.3 Å². The molecule has 2 aromatic carbocycles. The van der Waals surface area contributed by atoms with Gasteiger partial charge in [0.05, 0.1) is 26.7 Å². The van der Waals surface area contributed by atoms with Gasteiger partial charge in [-0.05, 0) is 34.7 Å². The summed E-state index contributed by atoms with van der Waals surface area (Å²) in [7, 11) is 0. The summed E-state index contributed by atoms with van der Waals surface area (Å²) in [5.74, 6) is 0.395. The Morgan fingerprint density at radius 1 is 1.38 bits per heavy atom. The average Bonchev–Trinajstić information content (AvgIpc) is 2.49. The minimum absolute atomic E-state index is 0.0560. The molecule has 21 heavy (non-hydrogen) atoms. The van der Waals surface area contributed by atoms with E-state index in [1.54, 1.807) is 24.3 Å². The predicted octanol–water partition coefficient (Wildman–Crippen LogP) is 3.36. The fourth-order valence-electron chi connectivity index (χ4n) is 1.72. The van der Waals surface area contributed by atoms with Crippen molar-refractivity contribution in [3.8, 4) is 17.6 Å². The van der Waals surface area contributed by atoms with Crippen molar-refractivity contribution in [3.63, 3.8) is 0 Å². The number of benzene rings is 2. The quantitative estimate of drug-likeness (QED) is 0.486. The summed E-state index contributed by atoms with van der Waals surface area (Å²) in [6.07, 6.45) is 0. The molecule has 0 fully saturated rings. The lowest BCUT2D eigenvalue weighted by molar-refractivity contribution is -0.385. The summed E-state index contributed by atoms with van der Waals surface area (Å²) in [6.45, 7) is -0.239. The highest BCUT2D eigenvalue weighted by molar-refractivity contribution is 14.1. The Morgan fingerprint density at radius 3 is 2.71 bits per heavy atom. The van der Waals surface area contributed by atoms with Gasteiger partial charge in [0.25, 0.3) is 0 Å². The van der Waals surface area contributed by atoms with Crippen LogP contribution in [0, 0.1) is 25.0 Å². The van der Waals surface area contributed by atoms with Crippen LogP contribution in [-0.4, -0.2) is 10.0 Å². The number of nitro benzene ring substituents is 1. The van der Waals surface area contributed by atoms with Crippen molar-refractivity contribution in [2.24, 2.45) is 0 Å². The molecule has 7 heteroatoms. The molecule has 0 aliphatic carbocycles. The molecule has 0 aliphatic rings. The molecule has 0 amide bonds. The van der Waals surface area contributed by atoms with Gasteiger partial charge in [-0.25, -0.2) is 0 Å². The first-order valence-electron chi connectivity index (χ1n) is 5.81. The van der Waals surface area contributed by atoms with Crippen LogP contribution in [0.2, 0.25) is 0 Å². The predicted molar refractivity (Wildman–Crippen MR) is 83.0 cm³/mol. The lowest BCUT2D eigenvalue weighted by Crippen LogP contribution is -1.99. The highest BCUT2D eigenvalue weighted by atomic mass is 127. The number of aliphatic hydroxyl groups is 1. The van der Waals surface area contributed by atoms with Gasteiger partial charge >= 0.3 is 5.69 Å². The van der Waals surface area contributed by atoms with Crippen molar-refractivity contribution < 1.29 is 14.8 Å². The number of rotatable bonds is 4. The van der Waals surface area contributed by atoms with E-state index in [-0.39, 0.29) is 23.6 Å². The first kappa shape index (κ1) is 15.2. The molecular formula is C14H9IN2O4. The number of hydrogen-bond acceptors (Lipinski definition) is 5. The number of para-hydroxylation sites is 1. The maximum atomic E-state index is 11.2. The number of nitriles is 1. The number of aliphatic hydroxyl groups excluding tert-OH is 1. The van der Waals surface area contributed by atoms with E-state index in [0.29, 0.717) is 14.9 Å². The van der Waals surface area contributed by atoms with E-state index in [0.717, 1.165) is 0 Å². The summed E-state index contributed by atoms with van der Waals surface area (Å²) in [6, 6.07) is 11.3. The SMILES string of the molecule is N#Cc1cc(I)c(Oc2ccccc2CO)c([N+](=O)[O-])c1. The van der Waals surface area contributed by atoms with E-state index in [4.69, 9.17) is 10.00 Å². The largest absolute Gasteiger partial charge is 0.449 e. The first-order chi connectivity index (χ1) is 10.1. The summed E-state index contributed by atoms with van der Waals surface area (Å²) >= 11 is 1.88. The zero-order chi connectivity index (χ0) is 15.4. The highest BCUT2D eigenvalue weighted by Gasteiger charge is 2.21. The lowest BCUT2D eigenvalue weighted by atomic mass is 10.2. The Balaban J connectivity index is 2.54. The van der Waals surface area contributed by atoms with Crippen molar-refractivity contribution in [2.45, 2.75) is 6.61 Å². The van der Waals surface area contributed by atoms with Gasteiger partial charge in [-0.1, -0.05) is 18.2 Å². The summed E-state index contributed by atoms with van der Waals surface area (Å²) < 4.78 is 6.05. The van der Waals surface area contributed by atoms with Gasteiger partial charge in [0, 0.05) is 11.6 Å². The van der Waals surface area contributed by atoms with Crippen LogP contribution in [0.25, 0.3) is 0 Å². The Hall–Kier alpha value is -2.18. The molecule has 0 spiro atoms. The third-order valence-corrected chi connectivity index (χ3v) is 3.51. The third-order valence-electron chi connectivity index (χ3n) is 2.70. The van der Waals surface area contributed by atoms with E-state index < -0.39 is 4.92 Å². The van der Waals surface area contributed by atoms with Gasteiger partial charge in [0.1, 0.15) is 5.75 Å². The minimum atomic E-state index is -0.597. The minimum Gasteiger partial charge on any atom is -0.449 e. The molecule has 0 radical (unpaired) electrons. The maximum Gasteiger partial charge on any atom is 0.314 e. The van der Waals surface area contributed by atoms with Crippen LogP contribution < -0.4 is 4.74 Å². The van der Waals surface area contributed by atoms with Gasteiger partial charge in [0.2, 0.25) is 5.75 Å². The van der Waals surface area contributed by atoms with Crippen LogP contribution in [0.4, 0.5) is 5.69 Å². The molecule has 2 aromatic rings. The summed E-state index contributed by atoms with van der Waals surface area (Å²) in [5, 5.41) is 29.3. The molecule has 2 rings (SSSR count). The van der Waals surface area contributed by atoms with Crippen molar-refractivity contribution in [1.82, 2.24) is 0 Å². The van der Waals surface area contributed by atoms with Crippen LogP contribution in [0.3, 0.4) is 0 Å². The second kappa shape index (κ2) is 6.51. The molecular weight excluding hydrogens is 387 g/mol. The second-order valence-electron chi connectivity index (χ2n) is 4.04. The third kappa shape index (κ3) is 3.29. The number of halogens is 1. The zero-order valence-corrected chi connectivity index (χ0v) is 12.8. The van der Waals surface area contributed by atoms with Crippen molar-refractivity contribution in [3.05, 3.63) is 61.2 Å². The monoisotopic (exact) mass is 396 g/mol. The van der Waals surface area contributed by atoms with Crippen molar-refractivity contribution in [1.29, 1.82) is 5.26 Å². The van der Waals surface area contributed by atoms with E-state index in [1.165, 1.54) is 12.1 Å². The molecule has 0 aromatic heterocycles. The van der Waals surface area contributed by atoms with Gasteiger partial charge in [0.15, 0.2) is 0 Å². The van der Waals surface area contributed by atoms with Gasteiger partial charge < -0.3 is 9.84 Å². The number of nitro groups is 1. The number of nitrogens with zero attached hydrogens (tertiary/aromatic N) is 2.